The summed E-state index contributed by atoms with van der Waals surface area (Å²) in [6, 6.07) is 17.2. The van der Waals surface area contributed by atoms with Gasteiger partial charge in [-0.25, -0.2) is 0 Å². The SMILES string of the molecule is C#CCC.CCCCC(C)S(=O)c1ccc(Oc2ccccc2)cc1. The summed E-state index contributed by atoms with van der Waals surface area (Å²) in [4.78, 5) is 0.874. The monoisotopic (exact) mass is 356 g/mol. The maximum absolute atomic E-state index is 12.4. The van der Waals surface area contributed by atoms with E-state index in [1.807, 2.05) is 61.5 Å². The van der Waals surface area contributed by atoms with E-state index in [0.29, 0.717) is 0 Å². The summed E-state index contributed by atoms with van der Waals surface area (Å²) in [6.45, 7) is 6.16. The van der Waals surface area contributed by atoms with E-state index in [-0.39, 0.29) is 5.25 Å². The molecule has 2 unspecified atom stereocenters. The van der Waals surface area contributed by atoms with Gasteiger partial charge < -0.3 is 4.74 Å². The molecule has 0 spiro atoms. The molecule has 2 aromatic carbocycles. The van der Waals surface area contributed by atoms with Crippen LogP contribution in [0.15, 0.2) is 59.5 Å². The molecule has 3 heteroatoms. The smallest absolute Gasteiger partial charge is 0.127 e. The molecule has 0 radical (unpaired) electrons. The van der Waals surface area contributed by atoms with Crippen molar-refractivity contribution in [2.24, 2.45) is 0 Å². The lowest BCUT2D eigenvalue weighted by Crippen LogP contribution is -2.10. The Bertz CT molecular complexity index is 657. The van der Waals surface area contributed by atoms with Gasteiger partial charge in [-0.15, -0.1) is 12.3 Å². The van der Waals surface area contributed by atoms with Gasteiger partial charge in [0.15, 0.2) is 0 Å². The standard InChI is InChI=1S/C18H22O2S.C4H6/c1-3-4-8-15(2)21(19)18-13-11-17(12-14-18)20-16-9-6-5-7-10-16;1-3-4-2/h5-7,9-15H,3-4,8H2,1-2H3;1H,4H2,2H3. The number of para-hydroxylation sites is 1. The number of terminal acetylenes is 1. The van der Waals surface area contributed by atoms with Crippen molar-refractivity contribution in [2.75, 3.05) is 0 Å². The van der Waals surface area contributed by atoms with E-state index in [1.165, 1.54) is 0 Å². The van der Waals surface area contributed by atoms with E-state index in [2.05, 4.69) is 19.8 Å². The Labute approximate surface area is 155 Å². The molecule has 25 heavy (non-hydrogen) atoms. The quantitative estimate of drug-likeness (QED) is 0.552. The summed E-state index contributed by atoms with van der Waals surface area (Å²) in [6.07, 6.45) is 8.90. The van der Waals surface area contributed by atoms with Gasteiger partial charge in [0.1, 0.15) is 11.5 Å². The Morgan fingerprint density at radius 1 is 1.04 bits per heavy atom. The van der Waals surface area contributed by atoms with Crippen LogP contribution in [-0.2, 0) is 10.8 Å². The maximum Gasteiger partial charge on any atom is 0.127 e. The summed E-state index contributed by atoms with van der Waals surface area (Å²) in [5, 5.41) is 0.200. The Balaban J connectivity index is 0.000000705. The van der Waals surface area contributed by atoms with Crippen molar-refractivity contribution in [3.63, 3.8) is 0 Å². The number of unbranched alkanes of at least 4 members (excludes halogenated alkanes) is 1. The van der Waals surface area contributed by atoms with Crippen LogP contribution in [-0.4, -0.2) is 9.46 Å². The highest BCUT2D eigenvalue weighted by Gasteiger charge is 2.12. The van der Waals surface area contributed by atoms with Crippen LogP contribution in [0, 0.1) is 12.3 Å². The molecule has 0 saturated carbocycles. The maximum atomic E-state index is 12.4. The minimum Gasteiger partial charge on any atom is -0.457 e. The molecule has 0 bridgehead atoms. The first kappa shape index (κ1) is 21.0. The molecule has 0 aliphatic carbocycles. The van der Waals surface area contributed by atoms with Crippen LogP contribution in [0.2, 0.25) is 0 Å². The number of benzene rings is 2. The zero-order chi connectivity index (χ0) is 18.5. The normalized spacial score (nSPS) is 12.2. The van der Waals surface area contributed by atoms with Crippen LogP contribution in [0.4, 0.5) is 0 Å². The molecule has 2 aromatic rings. The Kier molecular flexibility index (Phi) is 10.4. The largest absolute Gasteiger partial charge is 0.457 e. The molecule has 0 aliphatic rings. The van der Waals surface area contributed by atoms with Crippen LogP contribution in [0.3, 0.4) is 0 Å². The molecule has 2 atom stereocenters. The Morgan fingerprint density at radius 2 is 1.60 bits per heavy atom. The first-order chi connectivity index (χ1) is 12.1. The molecule has 0 aliphatic heterocycles. The minimum absolute atomic E-state index is 0.200. The first-order valence-corrected chi connectivity index (χ1v) is 10.0. The lowest BCUT2D eigenvalue weighted by Gasteiger charge is -2.11. The van der Waals surface area contributed by atoms with Crippen molar-refractivity contribution in [1.82, 2.24) is 0 Å². The van der Waals surface area contributed by atoms with Crippen molar-refractivity contribution < 1.29 is 8.95 Å². The van der Waals surface area contributed by atoms with E-state index in [1.54, 1.807) is 0 Å². The van der Waals surface area contributed by atoms with E-state index in [4.69, 9.17) is 11.2 Å². The molecule has 134 valence electrons. The molecule has 0 aromatic heterocycles. The minimum atomic E-state index is -0.940. The Morgan fingerprint density at radius 3 is 2.12 bits per heavy atom. The zero-order valence-electron chi connectivity index (χ0n) is 15.4. The van der Waals surface area contributed by atoms with Crippen molar-refractivity contribution in [3.05, 3.63) is 54.6 Å². The van der Waals surface area contributed by atoms with Gasteiger partial charge in [-0.2, -0.15) is 0 Å². The zero-order valence-corrected chi connectivity index (χ0v) is 16.2. The third-order valence-electron chi connectivity index (χ3n) is 3.57. The van der Waals surface area contributed by atoms with Gasteiger partial charge in [0.05, 0.1) is 10.8 Å². The van der Waals surface area contributed by atoms with Crippen LogP contribution < -0.4 is 4.74 Å². The third-order valence-corrected chi connectivity index (χ3v) is 5.27. The molecule has 2 nitrogen and oxygen atoms in total. The molecule has 2 rings (SSSR count). The second-order valence-corrected chi connectivity index (χ2v) is 7.57. The van der Waals surface area contributed by atoms with Crippen molar-refractivity contribution >= 4 is 10.8 Å². The summed E-state index contributed by atoms with van der Waals surface area (Å²) in [7, 11) is -0.940. The van der Waals surface area contributed by atoms with Crippen molar-refractivity contribution in [2.45, 2.75) is 56.6 Å². The molecular weight excluding hydrogens is 328 g/mol. The Hall–Kier alpha value is -2.05. The number of hydrogen-bond donors (Lipinski definition) is 0. The topological polar surface area (TPSA) is 26.3 Å². The van der Waals surface area contributed by atoms with E-state index in [0.717, 1.165) is 42.1 Å². The molecule has 0 heterocycles. The molecule has 0 amide bonds. The van der Waals surface area contributed by atoms with Gasteiger partial charge >= 0.3 is 0 Å². The average Bonchev–Trinajstić information content (AvgIpc) is 2.67. The predicted molar refractivity (Wildman–Crippen MR) is 107 cm³/mol. The van der Waals surface area contributed by atoms with E-state index >= 15 is 0 Å². The highest BCUT2D eigenvalue weighted by Crippen LogP contribution is 2.23. The number of rotatable bonds is 7. The summed E-state index contributed by atoms with van der Waals surface area (Å²) < 4.78 is 18.1. The molecule has 0 saturated heterocycles. The fourth-order valence-corrected chi connectivity index (χ4v) is 3.35. The predicted octanol–water partition coefficient (Wildman–Crippen LogP) is 6.19. The molecular formula is C22H28O2S. The summed E-state index contributed by atoms with van der Waals surface area (Å²) >= 11 is 0. The number of ether oxygens (including phenoxy) is 1. The van der Waals surface area contributed by atoms with Crippen LogP contribution >= 0.6 is 0 Å². The fraction of sp³-hybridized carbons (Fsp3) is 0.364. The van der Waals surface area contributed by atoms with Gasteiger partial charge in [0, 0.05) is 16.6 Å². The van der Waals surface area contributed by atoms with E-state index < -0.39 is 10.8 Å². The van der Waals surface area contributed by atoms with Crippen molar-refractivity contribution in [3.8, 4) is 23.8 Å². The summed E-state index contributed by atoms with van der Waals surface area (Å²) in [5.74, 6) is 4.01. The highest BCUT2D eigenvalue weighted by atomic mass is 32.2. The fourth-order valence-electron chi connectivity index (χ4n) is 2.10. The third kappa shape index (κ3) is 8.05. The van der Waals surface area contributed by atoms with Gasteiger partial charge in [-0.1, -0.05) is 51.8 Å². The van der Waals surface area contributed by atoms with Gasteiger partial charge in [0.2, 0.25) is 0 Å². The van der Waals surface area contributed by atoms with E-state index in [9.17, 15) is 4.21 Å². The average molecular weight is 357 g/mol. The molecule has 0 N–H and O–H groups in total. The summed E-state index contributed by atoms with van der Waals surface area (Å²) in [5.41, 5.74) is 0. The van der Waals surface area contributed by atoms with Crippen LogP contribution in [0.1, 0.15) is 46.5 Å². The molecule has 0 fully saturated rings. The van der Waals surface area contributed by atoms with Gasteiger partial charge in [0.25, 0.3) is 0 Å². The number of hydrogen-bond acceptors (Lipinski definition) is 2. The lowest BCUT2D eigenvalue weighted by atomic mass is 10.2. The second-order valence-electron chi connectivity index (χ2n) is 5.69. The second kappa shape index (κ2) is 12.3. The van der Waals surface area contributed by atoms with Crippen LogP contribution in [0.25, 0.3) is 0 Å². The van der Waals surface area contributed by atoms with Gasteiger partial charge in [-0.05, 0) is 42.8 Å². The van der Waals surface area contributed by atoms with Crippen LogP contribution in [0.5, 0.6) is 11.5 Å². The highest BCUT2D eigenvalue weighted by molar-refractivity contribution is 7.85. The van der Waals surface area contributed by atoms with Crippen molar-refractivity contribution in [1.29, 1.82) is 0 Å². The first-order valence-electron chi connectivity index (χ1n) is 8.79. The lowest BCUT2D eigenvalue weighted by molar-refractivity contribution is 0.482. The van der Waals surface area contributed by atoms with Gasteiger partial charge in [-0.3, -0.25) is 4.21 Å².